The van der Waals surface area contributed by atoms with Gasteiger partial charge in [-0.15, -0.1) is 0 Å². The Morgan fingerprint density at radius 1 is 1.16 bits per heavy atom. The van der Waals surface area contributed by atoms with Gasteiger partial charge in [-0.3, -0.25) is 10.2 Å². The molecule has 0 radical (unpaired) electrons. The number of rotatable bonds is 5. The molecule has 0 fully saturated rings. The number of carbonyl (C=O) groups is 2. The summed E-state index contributed by atoms with van der Waals surface area (Å²) in [6.07, 6.45) is -0.809. The lowest BCUT2D eigenvalue weighted by molar-refractivity contribution is 0.0260. The second-order valence-electron chi connectivity index (χ2n) is 5.52. The number of aryl methyl sites for hydroxylation is 1. The Hall–Kier alpha value is -3.06. The Morgan fingerprint density at radius 3 is 2.64 bits per heavy atom. The summed E-state index contributed by atoms with van der Waals surface area (Å²) in [5.41, 5.74) is 7.62. The van der Waals surface area contributed by atoms with Gasteiger partial charge >= 0.3 is 5.97 Å². The van der Waals surface area contributed by atoms with Crippen LogP contribution in [0.5, 0.6) is 11.5 Å². The zero-order chi connectivity index (χ0) is 18.0. The van der Waals surface area contributed by atoms with Crippen molar-refractivity contribution >= 4 is 11.9 Å². The number of cyclic esters (lactones) is 1. The van der Waals surface area contributed by atoms with Gasteiger partial charge in [-0.2, -0.15) is 5.43 Å². The Labute approximate surface area is 144 Å². The first-order chi connectivity index (χ1) is 12.0. The highest BCUT2D eigenvalue weighted by Gasteiger charge is 2.36. The number of fused-ring (bicyclic) bond motifs is 1. The standard InChI is InChI=1S/C18H18N2O5/c1-10-5-4-6-11(9-10)16(21)19-20-17-12-7-8-13(23-2)15(24-3)14(12)18(22)25-17/h4-9,17,20H,1-3H3,(H,19,21)/t17-/m1/s1. The summed E-state index contributed by atoms with van der Waals surface area (Å²) in [7, 11) is 2.94. The van der Waals surface area contributed by atoms with Crippen LogP contribution in [0.2, 0.25) is 0 Å². The smallest absolute Gasteiger partial charge is 0.344 e. The lowest BCUT2D eigenvalue weighted by Crippen LogP contribution is -2.40. The zero-order valence-electron chi connectivity index (χ0n) is 14.1. The van der Waals surface area contributed by atoms with Crippen LogP contribution in [-0.4, -0.2) is 26.1 Å². The number of hydrogen-bond donors (Lipinski definition) is 2. The molecular formula is C18H18N2O5. The van der Waals surface area contributed by atoms with Crippen LogP contribution in [0.15, 0.2) is 36.4 Å². The molecule has 0 aliphatic carbocycles. The lowest BCUT2D eigenvalue weighted by atomic mass is 10.1. The number of nitrogens with one attached hydrogen (secondary N) is 2. The molecule has 7 nitrogen and oxygen atoms in total. The first kappa shape index (κ1) is 16.8. The highest BCUT2D eigenvalue weighted by atomic mass is 16.6. The van der Waals surface area contributed by atoms with E-state index in [0.717, 1.165) is 5.56 Å². The molecule has 1 heterocycles. The van der Waals surface area contributed by atoms with Gasteiger partial charge in [0.25, 0.3) is 5.91 Å². The third-order valence-corrected chi connectivity index (χ3v) is 3.89. The van der Waals surface area contributed by atoms with Gasteiger partial charge in [0.2, 0.25) is 0 Å². The monoisotopic (exact) mass is 342 g/mol. The molecule has 2 aromatic carbocycles. The van der Waals surface area contributed by atoms with Gasteiger partial charge in [0.15, 0.2) is 17.7 Å². The molecule has 7 heteroatoms. The largest absolute Gasteiger partial charge is 0.493 e. The third kappa shape index (κ3) is 3.14. The average Bonchev–Trinajstić information content (AvgIpc) is 2.94. The van der Waals surface area contributed by atoms with Crippen molar-refractivity contribution < 1.29 is 23.8 Å². The van der Waals surface area contributed by atoms with E-state index in [-0.39, 0.29) is 11.5 Å². The van der Waals surface area contributed by atoms with E-state index in [2.05, 4.69) is 10.9 Å². The topological polar surface area (TPSA) is 85.9 Å². The quantitative estimate of drug-likeness (QED) is 0.639. The maximum absolute atomic E-state index is 12.2. The molecule has 1 aliphatic heterocycles. The fourth-order valence-electron chi connectivity index (χ4n) is 2.70. The molecular weight excluding hydrogens is 324 g/mol. The lowest BCUT2D eigenvalue weighted by Gasteiger charge is -2.15. The molecule has 130 valence electrons. The van der Waals surface area contributed by atoms with Crippen molar-refractivity contribution in [2.75, 3.05) is 14.2 Å². The van der Waals surface area contributed by atoms with Crippen LogP contribution in [0.4, 0.5) is 0 Å². The van der Waals surface area contributed by atoms with Crippen LogP contribution in [0.25, 0.3) is 0 Å². The Balaban J connectivity index is 1.78. The molecule has 0 saturated heterocycles. The third-order valence-electron chi connectivity index (χ3n) is 3.89. The van der Waals surface area contributed by atoms with E-state index in [1.54, 1.807) is 30.3 Å². The van der Waals surface area contributed by atoms with Crippen molar-refractivity contribution in [3.05, 3.63) is 58.7 Å². The summed E-state index contributed by atoms with van der Waals surface area (Å²) in [5.74, 6) is -0.135. The van der Waals surface area contributed by atoms with E-state index in [1.807, 2.05) is 13.0 Å². The van der Waals surface area contributed by atoms with E-state index < -0.39 is 12.2 Å². The summed E-state index contributed by atoms with van der Waals surface area (Å²) in [6, 6.07) is 10.5. The van der Waals surface area contributed by atoms with Crippen LogP contribution in [-0.2, 0) is 4.74 Å². The molecule has 2 aromatic rings. The number of amides is 1. The van der Waals surface area contributed by atoms with Crippen LogP contribution in [0, 0.1) is 6.92 Å². The molecule has 0 bridgehead atoms. The van der Waals surface area contributed by atoms with Gasteiger partial charge in [0.05, 0.1) is 14.2 Å². The molecule has 1 amide bonds. The normalized spacial score (nSPS) is 15.3. The van der Waals surface area contributed by atoms with Crippen LogP contribution in [0.3, 0.4) is 0 Å². The summed E-state index contributed by atoms with van der Waals surface area (Å²) in [6.45, 7) is 1.90. The second-order valence-corrected chi connectivity index (χ2v) is 5.52. The van der Waals surface area contributed by atoms with Crippen molar-refractivity contribution in [2.24, 2.45) is 0 Å². The summed E-state index contributed by atoms with van der Waals surface area (Å²) in [4.78, 5) is 24.4. The van der Waals surface area contributed by atoms with E-state index in [4.69, 9.17) is 14.2 Å². The van der Waals surface area contributed by atoms with Crippen molar-refractivity contribution in [2.45, 2.75) is 13.2 Å². The molecule has 0 saturated carbocycles. The summed E-state index contributed by atoms with van der Waals surface area (Å²) < 4.78 is 15.7. The maximum Gasteiger partial charge on any atom is 0.344 e. The van der Waals surface area contributed by atoms with Crippen molar-refractivity contribution in [1.82, 2.24) is 10.9 Å². The van der Waals surface area contributed by atoms with E-state index in [1.165, 1.54) is 14.2 Å². The van der Waals surface area contributed by atoms with Gasteiger partial charge in [0, 0.05) is 11.1 Å². The summed E-state index contributed by atoms with van der Waals surface area (Å²) in [5, 5.41) is 0. The fourth-order valence-corrected chi connectivity index (χ4v) is 2.70. The molecule has 0 aromatic heterocycles. The number of hydrogen-bond acceptors (Lipinski definition) is 6. The van der Waals surface area contributed by atoms with Crippen molar-refractivity contribution in [3.63, 3.8) is 0 Å². The predicted molar refractivity (Wildman–Crippen MR) is 89.5 cm³/mol. The molecule has 3 rings (SSSR count). The molecule has 2 N–H and O–H groups in total. The number of hydrazine groups is 1. The number of benzene rings is 2. The summed E-state index contributed by atoms with van der Waals surface area (Å²) >= 11 is 0. The predicted octanol–water partition coefficient (Wildman–Crippen LogP) is 2.12. The second kappa shape index (κ2) is 6.82. The molecule has 0 spiro atoms. The number of carbonyl (C=O) groups excluding carboxylic acids is 2. The highest BCUT2D eigenvalue weighted by Crippen LogP contribution is 2.40. The van der Waals surface area contributed by atoms with Gasteiger partial charge in [-0.25, -0.2) is 4.79 Å². The molecule has 25 heavy (non-hydrogen) atoms. The molecule has 1 atom stereocenters. The number of ether oxygens (including phenoxy) is 3. The molecule has 1 aliphatic rings. The zero-order valence-corrected chi connectivity index (χ0v) is 14.1. The Bertz CT molecular complexity index is 834. The Kier molecular flexibility index (Phi) is 4.58. The number of methoxy groups -OCH3 is 2. The van der Waals surface area contributed by atoms with Gasteiger partial charge < -0.3 is 14.2 Å². The van der Waals surface area contributed by atoms with Crippen LogP contribution >= 0.6 is 0 Å². The SMILES string of the molecule is COc1ccc2c(c1OC)C(=O)O[C@H]2NNC(=O)c1cccc(C)c1. The van der Waals surface area contributed by atoms with E-state index >= 15 is 0 Å². The highest BCUT2D eigenvalue weighted by molar-refractivity contribution is 5.98. The minimum Gasteiger partial charge on any atom is -0.493 e. The number of esters is 1. The Morgan fingerprint density at radius 2 is 1.96 bits per heavy atom. The minimum atomic E-state index is -0.809. The average molecular weight is 342 g/mol. The van der Waals surface area contributed by atoms with Crippen LogP contribution in [0.1, 0.15) is 38.1 Å². The van der Waals surface area contributed by atoms with E-state index in [9.17, 15) is 9.59 Å². The van der Waals surface area contributed by atoms with Crippen LogP contribution < -0.4 is 20.3 Å². The maximum atomic E-state index is 12.2. The van der Waals surface area contributed by atoms with Crippen molar-refractivity contribution in [3.8, 4) is 11.5 Å². The fraction of sp³-hybridized carbons (Fsp3) is 0.222. The first-order valence-corrected chi connectivity index (χ1v) is 7.63. The minimum absolute atomic E-state index is 0.282. The van der Waals surface area contributed by atoms with Gasteiger partial charge in [-0.1, -0.05) is 17.7 Å². The van der Waals surface area contributed by atoms with Crippen molar-refractivity contribution in [1.29, 1.82) is 0 Å². The molecule has 0 unspecified atom stereocenters. The van der Waals surface area contributed by atoms with Gasteiger partial charge in [0.1, 0.15) is 5.56 Å². The van der Waals surface area contributed by atoms with E-state index in [0.29, 0.717) is 22.6 Å². The van der Waals surface area contributed by atoms with Gasteiger partial charge in [-0.05, 0) is 31.2 Å². The first-order valence-electron chi connectivity index (χ1n) is 7.63.